The van der Waals surface area contributed by atoms with Crippen LogP contribution in [0.5, 0.6) is 0 Å². The normalized spacial score (nSPS) is 10.7. The van der Waals surface area contributed by atoms with Gasteiger partial charge in [-0.05, 0) is 29.3 Å². The molecule has 0 saturated heterocycles. The molecule has 0 bridgehead atoms. The number of carboxylic acid groups (broad SMARTS) is 1. The zero-order valence-electron chi connectivity index (χ0n) is 10.4. The van der Waals surface area contributed by atoms with Gasteiger partial charge in [0.25, 0.3) is 0 Å². The molecular weight excluding hydrogens is 276 g/mol. The van der Waals surface area contributed by atoms with Gasteiger partial charge in [-0.3, -0.25) is 4.79 Å². The first-order valence-electron chi connectivity index (χ1n) is 5.85. The molecule has 2 rings (SSSR count). The Labute approximate surface area is 121 Å². The summed E-state index contributed by atoms with van der Waals surface area (Å²) in [5, 5.41) is 11.1. The largest absolute Gasteiger partial charge is 0.545 e. The summed E-state index contributed by atoms with van der Waals surface area (Å²) < 4.78 is 0. The van der Waals surface area contributed by atoms with Gasteiger partial charge < -0.3 is 9.90 Å². The molecule has 0 unspecified atom stereocenters. The van der Waals surface area contributed by atoms with E-state index in [-0.39, 0.29) is 11.3 Å². The van der Waals surface area contributed by atoms with Gasteiger partial charge in [0.2, 0.25) is 0 Å². The summed E-state index contributed by atoms with van der Waals surface area (Å²) in [7, 11) is 0. The Morgan fingerprint density at radius 1 is 1.00 bits per heavy atom. The van der Waals surface area contributed by atoms with Crippen molar-refractivity contribution in [3.05, 3.63) is 76.3 Å². The molecule has 100 valence electrons. The molecule has 0 radical (unpaired) electrons. The van der Waals surface area contributed by atoms with Crippen molar-refractivity contribution in [3.63, 3.8) is 0 Å². The second kappa shape index (κ2) is 6.17. The molecule has 0 aliphatic heterocycles. The second-order valence-corrected chi connectivity index (χ2v) is 4.55. The van der Waals surface area contributed by atoms with Gasteiger partial charge in [-0.2, -0.15) is 0 Å². The molecule has 0 amide bonds. The number of ketones is 1. The molecule has 3 nitrogen and oxygen atoms in total. The van der Waals surface area contributed by atoms with Crippen molar-refractivity contribution in [3.8, 4) is 0 Å². The zero-order chi connectivity index (χ0) is 14.5. The van der Waals surface area contributed by atoms with E-state index in [0.29, 0.717) is 10.6 Å². The Kier molecular flexibility index (Phi) is 4.33. The van der Waals surface area contributed by atoms with Gasteiger partial charge in [-0.25, -0.2) is 0 Å². The van der Waals surface area contributed by atoms with E-state index in [4.69, 9.17) is 11.6 Å². The van der Waals surface area contributed by atoms with Crippen LogP contribution in [0.25, 0.3) is 6.08 Å². The van der Waals surface area contributed by atoms with E-state index in [2.05, 4.69) is 0 Å². The standard InChI is InChI=1S/C16H11ClO3/c17-14-3-1-2-13(10-14)15(18)9-6-11-4-7-12(8-5-11)16(19)20/h1-10H,(H,19,20)/p-1/b9-6+. The Morgan fingerprint density at radius 3 is 2.30 bits per heavy atom. The van der Waals surface area contributed by atoms with Crippen LogP contribution in [0.3, 0.4) is 0 Å². The fourth-order valence-electron chi connectivity index (χ4n) is 1.64. The lowest BCUT2D eigenvalue weighted by Gasteiger charge is -2.01. The van der Waals surface area contributed by atoms with E-state index in [9.17, 15) is 14.7 Å². The number of benzene rings is 2. The van der Waals surface area contributed by atoms with Crippen LogP contribution in [-0.2, 0) is 0 Å². The molecule has 2 aromatic rings. The average Bonchev–Trinajstić information content (AvgIpc) is 2.45. The lowest BCUT2D eigenvalue weighted by molar-refractivity contribution is -0.255. The first kappa shape index (κ1) is 14.0. The van der Waals surface area contributed by atoms with E-state index in [1.54, 1.807) is 42.5 Å². The van der Waals surface area contributed by atoms with Crippen molar-refractivity contribution in [2.24, 2.45) is 0 Å². The third kappa shape index (κ3) is 3.56. The first-order valence-corrected chi connectivity index (χ1v) is 6.23. The van der Waals surface area contributed by atoms with Crippen LogP contribution >= 0.6 is 11.6 Å². The quantitative estimate of drug-likeness (QED) is 0.641. The van der Waals surface area contributed by atoms with E-state index < -0.39 is 5.97 Å². The van der Waals surface area contributed by atoms with Crippen molar-refractivity contribution in [2.75, 3.05) is 0 Å². The first-order chi connectivity index (χ1) is 9.56. The summed E-state index contributed by atoms with van der Waals surface area (Å²) in [5.74, 6) is -1.40. The molecule has 2 aromatic carbocycles. The third-order valence-electron chi connectivity index (χ3n) is 2.68. The van der Waals surface area contributed by atoms with Crippen molar-refractivity contribution in [1.82, 2.24) is 0 Å². The van der Waals surface area contributed by atoms with E-state index in [1.165, 1.54) is 18.2 Å². The minimum absolute atomic E-state index is 0.100. The lowest BCUT2D eigenvalue weighted by atomic mass is 10.1. The van der Waals surface area contributed by atoms with E-state index >= 15 is 0 Å². The Morgan fingerprint density at radius 2 is 1.70 bits per heavy atom. The summed E-state index contributed by atoms with van der Waals surface area (Å²) in [6.45, 7) is 0. The number of hydrogen-bond acceptors (Lipinski definition) is 3. The number of allylic oxidation sites excluding steroid dienone is 1. The summed E-state index contributed by atoms with van der Waals surface area (Å²) in [6, 6.07) is 12.7. The Balaban J connectivity index is 2.13. The summed E-state index contributed by atoms with van der Waals surface area (Å²) in [6.07, 6.45) is 3.03. The number of aromatic carboxylic acids is 1. The van der Waals surface area contributed by atoms with Crippen LogP contribution in [-0.4, -0.2) is 11.8 Å². The molecule has 0 fully saturated rings. The second-order valence-electron chi connectivity index (χ2n) is 4.12. The summed E-state index contributed by atoms with van der Waals surface area (Å²) >= 11 is 5.82. The maximum absolute atomic E-state index is 11.9. The SMILES string of the molecule is O=C([O-])c1ccc(/C=C/C(=O)c2cccc(Cl)c2)cc1. The highest BCUT2D eigenvalue weighted by Gasteiger charge is 2.01. The van der Waals surface area contributed by atoms with Crippen LogP contribution in [0.15, 0.2) is 54.6 Å². The van der Waals surface area contributed by atoms with Gasteiger partial charge in [-0.1, -0.05) is 54.1 Å². The molecule has 0 aliphatic carbocycles. The van der Waals surface area contributed by atoms with E-state index in [1.807, 2.05) is 0 Å². The highest BCUT2D eigenvalue weighted by Crippen LogP contribution is 2.12. The third-order valence-corrected chi connectivity index (χ3v) is 2.92. The molecule has 0 N–H and O–H groups in total. The van der Waals surface area contributed by atoms with Gasteiger partial charge in [0, 0.05) is 10.6 Å². The Bertz CT molecular complexity index is 672. The minimum atomic E-state index is -1.23. The fourth-order valence-corrected chi connectivity index (χ4v) is 1.83. The molecule has 0 heterocycles. The molecule has 4 heteroatoms. The van der Waals surface area contributed by atoms with Crippen molar-refractivity contribution >= 4 is 29.4 Å². The van der Waals surface area contributed by atoms with Crippen molar-refractivity contribution in [2.45, 2.75) is 0 Å². The van der Waals surface area contributed by atoms with Crippen LogP contribution in [0, 0.1) is 0 Å². The van der Waals surface area contributed by atoms with Gasteiger partial charge in [-0.15, -0.1) is 0 Å². The topological polar surface area (TPSA) is 57.2 Å². The molecule has 0 aliphatic rings. The maximum Gasteiger partial charge on any atom is 0.185 e. The highest BCUT2D eigenvalue weighted by molar-refractivity contribution is 6.31. The number of carbonyl (C=O) groups is 2. The average molecular weight is 286 g/mol. The van der Waals surface area contributed by atoms with E-state index in [0.717, 1.165) is 5.56 Å². The number of hydrogen-bond donors (Lipinski definition) is 0. The Hall–Kier alpha value is -2.39. The highest BCUT2D eigenvalue weighted by atomic mass is 35.5. The summed E-state index contributed by atoms with van der Waals surface area (Å²) in [4.78, 5) is 22.5. The number of rotatable bonds is 4. The van der Waals surface area contributed by atoms with Gasteiger partial charge >= 0.3 is 0 Å². The molecule has 0 aromatic heterocycles. The molecule has 0 atom stereocenters. The smallest absolute Gasteiger partial charge is 0.185 e. The lowest BCUT2D eigenvalue weighted by Crippen LogP contribution is -2.21. The van der Waals surface area contributed by atoms with Crippen LogP contribution in [0.1, 0.15) is 26.3 Å². The van der Waals surface area contributed by atoms with Crippen LogP contribution in [0.4, 0.5) is 0 Å². The number of halogens is 1. The number of carbonyl (C=O) groups excluding carboxylic acids is 2. The predicted octanol–water partition coefficient (Wildman–Crippen LogP) is 2.60. The van der Waals surface area contributed by atoms with Crippen molar-refractivity contribution < 1.29 is 14.7 Å². The van der Waals surface area contributed by atoms with Gasteiger partial charge in [0.15, 0.2) is 5.78 Å². The van der Waals surface area contributed by atoms with Crippen molar-refractivity contribution in [1.29, 1.82) is 0 Å². The monoisotopic (exact) mass is 285 g/mol. The van der Waals surface area contributed by atoms with Crippen LogP contribution in [0.2, 0.25) is 5.02 Å². The molecule has 0 saturated carbocycles. The molecule has 20 heavy (non-hydrogen) atoms. The number of carboxylic acids is 1. The fraction of sp³-hybridized carbons (Fsp3) is 0. The minimum Gasteiger partial charge on any atom is -0.545 e. The molecule has 0 spiro atoms. The molecular formula is C16H10ClO3-. The van der Waals surface area contributed by atoms with Crippen LogP contribution < -0.4 is 5.11 Å². The summed E-state index contributed by atoms with van der Waals surface area (Å²) in [5.41, 5.74) is 1.33. The zero-order valence-corrected chi connectivity index (χ0v) is 11.1. The van der Waals surface area contributed by atoms with Gasteiger partial charge in [0.1, 0.15) is 0 Å². The predicted molar refractivity (Wildman–Crippen MR) is 75.6 cm³/mol. The maximum atomic E-state index is 11.9. The van der Waals surface area contributed by atoms with Gasteiger partial charge in [0.05, 0.1) is 5.97 Å².